The molecular formula is C19H19N5. The van der Waals surface area contributed by atoms with Crippen molar-refractivity contribution in [3.63, 3.8) is 0 Å². The van der Waals surface area contributed by atoms with Gasteiger partial charge in [-0.05, 0) is 29.8 Å². The van der Waals surface area contributed by atoms with Crippen LogP contribution in [0.5, 0.6) is 0 Å². The van der Waals surface area contributed by atoms with Crippen LogP contribution in [-0.4, -0.2) is 29.0 Å². The Hall–Kier alpha value is -3.08. The zero-order valence-corrected chi connectivity index (χ0v) is 13.7. The van der Waals surface area contributed by atoms with Crippen molar-refractivity contribution in [3.05, 3.63) is 60.2 Å². The summed E-state index contributed by atoms with van der Waals surface area (Å²) in [6, 6.07) is 18.4. The molecule has 5 heteroatoms. The van der Waals surface area contributed by atoms with Crippen molar-refractivity contribution in [3.8, 4) is 0 Å². The molecule has 0 radical (unpaired) electrons. The number of nitrogens with one attached hydrogen (secondary N) is 2. The second-order valence-electron chi connectivity index (χ2n) is 6.01. The van der Waals surface area contributed by atoms with Crippen LogP contribution in [-0.2, 0) is 6.54 Å². The fourth-order valence-corrected chi connectivity index (χ4v) is 2.82. The Labute approximate surface area is 140 Å². The summed E-state index contributed by atoms with van der Waals surface area (Å²) in [5.74, 6) is 1.73. The summed E-state index contributed by atoms with van der Waals surface area (Å²) >= 11 is 0. The largest absolute Gasteiger partial charge is 0.363 e. The van der Waals surface area contributed by atoms with E-state index >= 15 is 0 Å². The molecule has 0 saturated carbocycles. The lowest BCUT2D eigenvalue weighted by Crippen LogP contribution is -2.12. The number of rotatable bonds is 4. The van der Waals surface area contributed by atoms with Crippen LogP contribution >= 0.6 is 0 Å². The maximum absolute atomic E-state index is 4.70. The van der Waals surface area contributed by atoms with Gasteiger partial charge >= 0.3 is 0 Å². The van der Waals surface area contributed by atoms with Crippen molar-refractivity contribution < 1.29 is 0 Å². The van der Waals surface area contributed by atoms with Gasteiger partial charge in [0.2, 0.25) is 5.95 Å². The number of fused-ring (bicyclic) bond motifs is 2. The molecule has 0 aliphatic rings. The van der Waals surface area contributed by atoms with E-state index in [-0.39, 0.29) is 0 Å². The minimum atomic E-state index is 0.684. The van der Waals surface area contributed by atoms with Crippen molar-refractivity contribution in [2.75, 3.05) is 24.3 Å². The molecular weight excluding hydrogens is 298 g/mol. The van der Waals surface area contributed by atoms with Crippen LogP contribution in [0.1, 0.15) is 5.56 Å². The average molecular weight is 317 g/mol. The fourth-order valence-electron chi connectivity index (χ4n) is 2.82. The predicted octanol–water partition coefficient (Wildman–Crippen LogP) is 3.79. The molecule has 4 rings (SSSR count). The standard InChI is InChI=1S/C19H19N5/c1-24(2)18-11-13(14-7-3-4-8-15(14)21-18)12-20-19-22-16-9-5-6-10-17(16)23-19/h3-11H,12H2,1-2H3,(H2,20,22,23). The fraction of sp³-hybridized carbons (Fsp3) is 0.158. The summed E-state index contributed by atoms with van der Waals surface area (Å²) in [4.78, 5) is 14.6. The smallest absolute Gasteiger partial charge is 0.201 e. The quantitative estimate of drug-likeness (QED) is 0.601. The minimum absolute atomic E-state index is 0.684. The molecule has 0 aliphatic carbocycles. The van der Waals surface area contributed by atoms with Gasteiger partial charge in [-0.3, -0.25) is 0 Å². The number of aromatic nitrogens is 3. The number of hydrogen-bond donors (Lipinski definition) is 2. The normalized spacial score (nSPS) is 11.1. The highest BCUT2D eigenvalue weighted by atomic mass is 15.1. The van der Waals surface area contributed by atoms with Crippen LogP contribution in [0.3, 0.4) is 0 Å². The Kier molecular flexibility index (Phi) is 3.54. The Morgan fingerprint density at radius 2 is 1.71 bits per heavy atom. The molecule has 0 atom stereocenters. The third kappa shape index (κ3) is 2.65. The van der Waals surface area contributed by atoms with Crippen molar-refractivity contribution in [1.29, 1.82) is 0 Å². The van der Waals surface area contributed by atoms with Crippen LogP contribution in [0, 0.1) is 0 Å². The molecule has 5 nitrogen and oxygen atoms in total. The Bertz CT molecular complexity index is 970. The average Bonchev–Trinajstić information content (AvgIpc) is 3.02. The summed E-state index contributed by atoms with van der Waals surface area (Å²) in [6.45, 7) is 0.684. The molecule has 24 heavy (non-hydrogen) atoms. The number of nitrogens with zero attached hydrogens (tertiary/aromatic N) is 3. The Morgan fingerprint density at radius 1 is 0.958 bits per heavy atom. The molecule has 2 heterocycles. The lowest BCUT2D eigenvalue weighted by molar-refractivity contribution is 1.06. The van der Waals surface area contributed by atoms with E-state index in [4.69, 9.17) is 4.98 Å². The van der Waals surface area contributed by atoms with Crippen LogP contribution in [0.4, 0.5) is 11.8 Å². The Balaban J connectivity index is 1.68. The third-order valence-electron chi connectivity index (χ3n) is 4.08. The van der Waals surface area contributed by atoms with Gasteiger partial charge in [0.05, 0.1) is 16.6 Å². The molecule has 0 unspecified atom stereocenters. The summed E-state index contributed by atoms with van der Waals surface area (Å²) in [6.07, 6.45) is 0. The molecule has 0 aliphatic heterocycles. The number of anilines is 2. The number of imidazole rings is 1. The van der Waals surface area contributed by atoms with Crippen LogP contribution in [0.15, 0.2) is 54.6 Å². The van der Waals surface area contributed by atoms with Crippen LogP contribution in [0.25, 0.3) is 21.9 Å². The maximum atomic E-state index is 4.70. The molecule has 0 spiro atoms. The summed E-state index contributed by atoms with van der Waals surface area (Å²) < 4.78 is 0. The molecule has 0 amide bonds. The lowest BCUT2D eigenvalue weighted by Gasteiger charge is -2.15. The van der Waals surface area contributed by atoms with Crippen molar-refractivity contribution in [2.45, 2.75) is 6.54 Å². The van der Waals surface area contributed by atoms with Crippen LogP contribution in [0.2, 0.25) is 0 Å². The number of benzene rings is 2. The zero-order chi connectivity index (χ0) is 16.5. The molecule has 120 valence electrons. The van der Waals surface area contributed by atoms with Gasteiger partial charge in [-0.25, -0.2) is 9.97 Å². The van der Waals surface area contributed by atoms with Crippen LogP contribution < -0.4 is 10.2 Å². The molecule has 0 bridgehead atoms. The first-order chi connectivity index (χ1) is 11.7. The maximum Gasteiger partial charge on any atom is 0.201 e. The number of hydrogen-bond acceptors (Lipinski definition) is 4. The first kappa shape index (κ1) is 14.5. The van der Waals surface area contributed by atoms with E-state index in [1.165, 1.54) is 5.56 Å². The second kappa shape index (κ2) is 5.85. The first-order valence-corrected chi connectivity index (χ1v) is 7.95. The highest BCUT2D eigenvalue weighted by molar-refractivity contribution is 5.84. The zero-order valence-electron chi connectivity index (χ0n) is 13.7. The first-order valence-electron chi connectivity index (χ1n) is 7.95. The van der Waals surface area contributed by atoms with E-state index < -0.39 is 0 Å². The predicted molar refractivity (Wildman–Crippen MR) is 99.5 cm³/mol. The lowest BCUT2D eigenvalue weighted by atomic mass is 10.1. The number of pyridine rings is 1. The van der Waals surface area contributed by atoms with E-state index in [0.29, 0.717) is 6.54 Å². The highest BCUT2D eigenvalue weighted by Crippen LogP contribution is 2.23. The number of para-hydroxylation sites is 3. The van der Waals surface area contributed by atoms with E-state index in [1.807, 2.05) is 61.5 Å². The van der Waals surface area contributed by atoms with Crippen molar-refractivity contribution >= 4 is 33.7 Å². The molecule has 0 fully saturated rings. The van der Waals surface area contributed by atoms with E-state index in [0.717, 1.165) is 33.7 Å². The molecule has 2 N–H and O–H groups in total. The molecule has 2 aromatic heterocycles. The van der Waals surface area contributed by atoms with E-state index in [9.17, 15) is 0 Å². The molecule has 4 aromatic rings. The van der Waals surface area contributed by atoms with Gasteiger partial charge in [0.25, 0.3) is 0 Å². The van der Waals surface area contributed by atoms with E-state index in [1.54, 1.807) is 0 Å². The summed E-state index contributed by atoms with van der Waals surface area (Å²) in [5.41, 5.74) is 4.21. The van der Waals surface area contributed by atoms with Gasteiger partial charge in [-0.15, -0.1) is 0 Å². The third-order valence-corrected chi connectivity index (χ3v) is 4.08. The van der Waals surface area contributed by atoms with Crippen molar-refractivity contribution in [2.24, 2.45) is 0 Å². The molecule has 2 aromatic carbocycles. The summed E-state index contributed by atoms with van der Waals surface area (Å²) in [7, 11) is 4.02. The van der Waals surface area contributed by atoms with Gasteiger partial charge in [0, 0.05) is 26.0 Å². The van der Waals surface area contributed by atoms with Gasteiger partial charge in [0.1, 0.15) is 5.82 Å². The van der Waals surface area contributed by atoms with Gasteiger partial charge < -0.3 is 15.2 Å². The topological polar surface area (TPSA) is 56.8 Å². The van der Waals surface area contributed by atoms with Crippen molar-refractivity contribution in [1.82, 2.24) is 15.0 Å². The summed E-state index contributed by atoms with van der Waals surface area (Å²) in [5, 5.41) is 4.55. The second-order valence-corrected chi connectivity index (χ2v) is 6.01. The van der Waals surface area contributed by atoms with Gasteiger partial charge in [0.15, 0.2) is 0 Å². The monoisotopic (exact) mass is 317 g/mol. The van der Waals surface area contributed by atoms with E-state index in [2.05, 4.69) is 27.4 Å². The Morgan fingerprint density at radius 3 is 2.50 bits per heavy atom. The SMILES string of the molecule is CN(C)c1cc(CNc2nc3ccccc3[nH]2)c2ccccc2n1. The molecule has 0 saturated heterocycles. The number of aromatic amines is 1. The highest BCUT2D eigenvalue weighted by Gasteiger charge is 2.08. The van der Waals surface area contributed by atoms with Gasteiger partial charge in [-0.2, -0.15) is 0 Å². The minimum Gasteiger partial charge on any atom is -0.363 e. The number of H-pyrrole nitrogens is 1. The van der Waals surface area contributed by atoms with Gasteiger partial charge in [-0.1, -0.05) is 30.3 Å².